The molecule has 0 N–H and O–H groups in total. The van der Waals surface area contributed by atoms with Crippen molar-refractivity contribution < 1.29 is 19.1 Å². The van der Waals surface area contributed by atoms with E-state index >= 15 is 0 Å². The Bertz CT molecular complexity index is 281. The van der Waals surface area contributed by atoms with Crippen LogP contribution in [0, 0.1) is 0 Å². The molecule has 0 atom stereocenters. The second-order valence-corrected chi connectivity index (χ2v) is 2.49. The first-order valence-corrected chi connectivity index (χ1v) is 4.03. The summed E-state index contributed by atoms with van der Waals surface area (Å²) in [5.41, 5.74) is -0.0684. The van der Waals surface area contributed by atoms with Gasteiger partial charge in [-0.25, -0.2) is 9.90 Å². The van der Waals surface area contributed by atoms with Crippen LogP contribution in [0.15, 0.2) is 10.7 Å². The minimum absolute atomic E-state index is 0.0684. The SMILES string of the molecule is CCCCOC(=O)c1coc([O])n1. The Morgan fingerprint density at radius 2 is 2.46 bits per heavy atom. The fraction of sp³-hybridized carbons (Fsp3) is 0.500. The monoisotopic (exact) mass is 184 g/mol. The van der Waals surface area contributed by atoms with Gasteiger partial charge in [0, 0.05) is 0 Å². The lowest BCUT2D eigenvalue weighted by atomic mass is 10.4. The van der Waals surface area contributed by atoms with Gasteiger partial charge in [0.15, 0.2) is 5.69 Å². The molecule has 0 aliphatic rings. The van der Waals surface area contributed by atoms with Crippen molar-refractivity contribution in [3.8, 4) is 6.08 Å². The number of esters is 1. The fourth-order valence-corrected chi connectivity index (χ4v) is 0.734. The third-order valence-corrected chi connectivity index (χ3v) is 1.42. The van der Waals surface area contributed by atoms with Crippen LogP contribution in [-0.2, 0) is 9.84 Å². The standard InChI is InChI=1S/C8H10NO4/c1-2-3-4-12-7(10)6-5-13-8(11)9-6/h5H,2-4H2,1H3. The highest BCUT2D eigenvalue weighted by molar-refractivity contribution is 5.86. The van der Waals surface area contributed by atoms with Gasteiger partial charge in [-0.2, -0.15) is 4.98 Å². The zero-order valence-electron chi connectivity index (χ0n) is 7.28. The van der Waals surface area contributed by atoms with Crippen molar-refractivity contribution >= 4 is 5.97 Å². The molecule has 13 heavy (non-hydrogen) atoms. The fourth-order valence-electron chi connectivity index (χ4n) is 0.734. The maximum absolute atomic E-state index is 11.0. The Kier molecular flexibility index (Phi) is 3.31. The summed E-state index contributed by atoms with van der Waals surface area (Å²) in [6.07, 6.45) is 1.96. The third-order valence-electron chi connectivity index (χ3n) is 1.42. The van der Waals surface area contributed by atoms with E-state index in [1.165, 1.54) is 0 Å². The largest absolute Gasteiger partial charge is 0.461 e. The molecule has 0 spiro atoms. The van der Waals surface area contributed by atoms with Gasteiger partial charge in [-0.15, -0.1) is 0 Å². The molecule has 0 aliphatic carbocycles. The Labute approximate surface area is 75.3 Å². The average Bonchev–Trinajstić information content (AvgIpc) is 2.52. The van der Waals surface area contributed by atoms with Gasteiger partial charge in [-0.05, 0) is 6.42 Å². The molecule has 1 heterocycles. The lowest BCUT2D eigenvalue weighted by Crippen LogP contribution is -2.06. The molecule has 0 bridgehead atoms. The zero-order chi connectivity index (χ0) is 9.68. The van der Waals surface area contributed by atoms with Crippen LogP contribution in [0.25, 0.3) is 0 Å². The van der Waals surface area contributed by atoms with Crippen molar-refractivity contribution in [2.75, 3.05) is 6.61 Å². The number of carbonyl (C=O) groups excluding carboxylic acids is 1. The number of nitrogens with zero attached hydrogens (tertiary/aromatic N) is 1. The molecular weight excluding hydrogens is 174 g/mol. The quantitative estimate of drug-likeness (QED) is 0.528. The van der Waals surface area contributed by atoms with Crippen molar-refractivity contribution in [3.63, 3.8) is 0 Å². The average molecular weight is 184 g/mol. The Morgan fingerprint density at radius 1 is 1.69 bits per heavy atom. The highest BCUT2D eigenvalue weighted by Gasteiger charge is 2.13. The van der Waals surface area contributed by atoms with Crippen LogP contribution >= 0.6 is 0 Å². The lowest BCUT2D eigenvalue weighted by molar-refractivity contribution is 0.0492. The lowest BCUT2D eigenvalue weighted by Gasteiger charge is -1.99. The van der Waals surface area contributed by atoms with Crippen molar-refractivity contribution in [1.82, 2.24) is 4.98 Å². The zero-order valence-corrected chi connectivity index (χ0v) is 7.28. The second kappa shape index (κ2) is 4.49. The molecule has 1 aromatic heterocycles. The molecule has 5 nitrogen and oxygen atoms in total. The summed E-state index contributed by atoms with van der Waals surface area (Å²) in [6.45, 7) is 2.33. The molecule has 5 heteroatoms. The molecule has 1 radical (unpaired) electrons. The highest BCUT2D eigenvalue weighted by Crippen LogP contribution is 2.09. The molecule has 0 saturated carbocycles. The third kappa shape index (κ3) is 2.77. The molecule has 1 rings (SSSR count). The number of unbranched alkanes of at least 4 members (excludes halogenated alkanes) is 1. The number of oxazole rings is 1. The Balaban J connectivity index is 2.40. The van der Waals surface area contributed by atoms with E-state index in [9.17, 15) is 9.90 Å². The maximum Gasteiger partial charge on any atom is 0.439 e. The normalized spacial score (nSPS) is 9.92. The molecular formula is C8H10NO4. The summed E-state index contributed by atoms with van der Waals surface area (Å²) in [5, 5.41) is 10.4. The number of hydrogen-bond donors (Lipinski definition) is 0. The summed E-state index contributed by atoms with van der Waals surface area (Å²) in [6, 6.07) is 0. The van der Waals surface area contributed by atoms with Gasteiger partial charge in [-0.3, -0.25) is 0 Å². The van der Waals surface area contributed by atoms with Crippen molar-refractivity contribution in [3.05, 3.63) is 12.0 Å². The predicted molar refractivity (Wildman–Crippen MR) is 41.8 cm³/mol. The minimum atomic E-state index is -0.776. The van der Waals surface area contributed by atoms with Gasteiger partial charge in [0.25, 0.3) is 0 Å². The summed E-state index contributed by atoms with van der Waals surface area (Å²) >= 11 is 0. The van der Waals surface area contributed by atoms with Gasteiger partial charge in [0.1, 0.15) is 6.26 Å². The van der Waals surface area contributed by atoms with Crippen LogP contribution in [0.4, 0.5) is 0 Å². The van der Waals surface area contributed by atoms with E-state index in [4.69, 9.17) is 4.74 Å². The van der Waals surface area contributed by atoms with E-state index in [0.717, 1.165) is 19.1 Å². The van der Waals surface area contributed by atoms with E-state index < -0.39 is 12.0 Å². The summed E-state index contributed by atoms with van der Waals surface area (Å²) < 4.78 is 9.11. The molecule has 0 aromatic carbocycles. The first kappa shape index (κ1) is 9.57. The number of hydrogen-bond acceptors (Lipinski definition) is 4. The van der Waals surface area contributed by atoms with Crippen molar-refractivity contribution in [2.45, 2.75) is 19.8 Å². The van der Waals surface area contributed by atoms with Crippen molar-refractivity contribution in [2.24, 2.45) is 0 Å². The topological polar surface area (TPSA) is 72.2 Å². The van der Waals surface area contributed by atoms with Crippen LogP contribution in [0.1, 0.15) is 30.3 Å². The van der Waals surface area contributed by atoms with E-state index in [0.29, 0.717) is 6.61 Å². The highest BCUT2D eigenvalue weighted by atomic mass is 16.5. The van der Waals surface area contributed by atoms with E-state index in [2.05, 4.69) is 9.40 Å². The van der Waals surface area contributed by atoms with E-state index in [1.807, 2.05) is 6.92 Å². The van der Waals surface area contributed by atoms with Crippen LogP contribution in [0.2, 0.25) is 0 Å². The number of ether oxygens (including phenoxy) is 1. The van der Waals surface area contributed by atoms with E-state index in [1.54, 1.807) is 0 Å². The molecule has 0 unspecified atom stereocenters. The van der Waals surface area contributed by atoms with Gasteiger partial charge in [0.05, 0.1) is 6.61 Å². The van der Waals surface area contributed by atoms with Gasteiger partial charge in [0.2, 0.25) is 0 Å². The molecule has 71 valence electrons. The smallest absolute Gasteiger partial charge is 0.439 e. The molecule has 0 amide bonds. The summed E-state index contributed by atoms with van der Waals surface area (Å²) in [5.74, 6) is -0.612. The predicted octanol–water partition coefficient (Wildman–Crippen LogP) is 1.78. The number of aromatic nitrogens is 1. The van der Waals surface area contributed by atoms with Crippen LogP contribution < -0.4 is 0 Å². The Morgan fingerprint density at radius 3 is 3.00 bits per heavy atom. The minimum Gasteiger partial charge on any atom is -0.461 e. The Hall–Kier alpha value is -1.52. The van der Waals surface area contributed by atoms with Crippen molar-refractivity contribution in [1.29, 1.82) is 0 Å². The molecule has 0 aliphatic heterocycles. The van der Waals surface area contributed by atoms with Gasteiger partial charge in [-0.1, -0.05) is 13.3 Å². The summed E-state index contributed by atoms with van der Waals surface area (Å²) in [7, 11) is 0. The van der Waals surface area contributed by atoms with Crippen LogP contribution in [0.3, 0.4) is 0 Å². The first-order chi connectivity index (χ1) is 6.24. The molecule has 0 fully saturated rings. The first-order valence-electron chi connectivity index (χ1n) is 4.03. The molecule has 1 aromatic rings. The van der Waals surface area contributed by atoms with Gasteiger partial charge >= 0.3 is 12.0 Å². The second-order valence-electron chi connectivity index (χ2n) is 2.49. The summed E-state index contributed by atoms with van der Waals surface area (Å²) in [4.78, 5) is 14.3. The number of carbonyl (C=O) groups is 1. The van der Waals surface area contributed by atoms with Crippen LogP contribution in [-0.4, -0.2) is 17.6 Å². The maximum atomic E-state index is 11.0. The van der Waals surface area contributed by atoms with Gasteiger partial charge < -0.3 is 9.15 Å². The number of rotatable bonds is 4. The molecule has 0 saturated heterocycles. The van der Waals surface area contributed by atoms with Crippen LogP contribution in [0.5, 0.6) is 6.08 Å². The van der Waals surface area contributed by atoms with E-state index in [-0.39, 0.29) is 5.69 Å².